The number of anilines is 1. The van der Waals surface area contributed by atoms with Crippen LogP contribution in [0.1, 0.15) is 0 Å². The fourth-order valence-electron chi connectivity index (χ4n) is 2.10. The number of fused-ring (bicyclic) bond motifs is 1. The Bertz CT molecular complexity index is 723. The molecule has 0 bridgehead atoms. The number of hydrogen-bond donors (Lipinski definition) is 1. The lowest BCUT2D eigenvalue weighted by Crippen LogP contribution is -1.93. The summed E-state index contributed by atoms with van der Waals surface area (Å²) in [6, 6.07) is 17.5. The van der Waals surface area contributed by atoms with Crippen LogP contribution in [-0.2, 0) is 0 Å². The van der Waals surface area contributed by atoms with Crippen LogP contribution in [0.15, 0.2) is 54.6 Å². The Morgan fingerprint density at radius 2 is 1.61 bits per heavy atom. The molecular weight excluding hydrogens is 244 g/mol. The minimum Gasteiger partial charge on any atom is -0.384 e. The topological polar surface area (TPSA) is 38.9 Å². The first-order valence-corrected chi connectivity index (χ1v) is 6.03. The number of nitrogens with two attached hydrogens (primary N) is 1. The second-order valence-corrected chi connectivity index (χ2v) is 4.50. The van der Waals surface area contributed by atoms with Crippen LogP contribution in [0.25, 0.3) is 22.0 Å². The van der Waals surface area contributed by atoms with Gasteiger partial charge in [-0.3, -0.25) is 0 Å². The SMILES string of the molecule is Nc1cc(-c2ccccc2Cl)c2ccccc2n1. The predicted molar refractivity (Wildman–Crippen MR) is 76.6 cm³/mol. The summed E-state index contributed by atoms with van der Waals surface area (Å²) in [6.45, 7) is 0. The average Bonchev–Trinajstić information content (AvgIpc) is 2.38. The lowest BCUT2D eigenvalue weighted by molar-refractivity contribution is 1.41. The summed E-state index contributed by atoms with van der Waals surface area (Å²) in [7, 11) is 0. The van der Waals surface area contributed by atoms with Crippen molar-refractivity contribution in [3.8, 4) is 11.1 Å². The number of halogens is 1. The lowest BCUT2D eigenvalue weighted by Gasteiger charge is -2.09. The number of rotatable bonds is 1. The average molecular weight is 255 g/mol. The Kier molecular flexibility index (Phi) is 2.65. The van der Waals surface area contributed by atoms with E-state index in [1.54, 1.807) is 0 Å². The highest BCUT2D eigenvalue weighted by Gasteiger charge is 2.08. The minimum absolute atomic E-state index is 0.503. The van der Waals surface area contributed by atoms with E-state index in [2.05, 4.69) is 4.98 Å². The second-order valence-electron chi connectivity index (χ2n) is 4.09. The molecule has 2 aromatic carbocycles. The van der Waals surface area contributed by atoms with Crippen LogP contribution in [0.3, 0.4) is 0 Å². The van der Waals surface area contributed by atoms with Gasteiger partial charge in [0.15, 0.2) is 0 Å². The quantitative estimate of drug-likeness (QED) is 0.709. The number of benzene rings is 2. The van der Waals surface area contributed by atoms with Crippen LogP contribution in [-0.4, -0.2) is 4.98 Å². The van der Waals surface area contributed by atoms with E-state index in [-0.39, 0.29) is 0 Å². The maximum Gasteiger partial charge on any atom is 0.124 e. The Labute approximate surface area is 110 Å². The van der Waals surface area contributed by atoms with E-state index in [9.17, 15) is 0 Å². The fourth-order valence-corrected chi connectivity index (χ4v) is 2.34. The number of nitrogen functional groups attached to an aromatic ring is 1. The van der Waals surface area contributed by atoms with Gasteiger partial charge < -0.3 is 5.73 Å². The molecule has 1 aromatic heterocycles. The maximum atomic E-state index is 6.25. The van der Waals surface area contributed by atoms with Crippen molar-refractivity contribution in [2.24, 2.45) is 0 Å². The molecule has 0 unspecified atom stereocenters. The van der Waals surface area contributed by atoms with Crippen LogP contribution in [0.4, 0.5) is 5.82 Å². The van der Waals surface area contributed by atoms with Gasteiger partial charge in [0.25, 0.3) is 0 Å². The van der Waals surface area contributed by atoms with Gasteiger partial charge >= 0.3 is 0 Å². The summed E-state index contributed by atoms with van der Waals surface area (Å²) < 4.78 is 0. The molecule has 3 aromatic rings. The molecule has 1 heterocycles. The molecule has 88 valence electrons. The molecular formula is C15H11ClN2. The van der Waals surface area contributed by atoms with Gasteiger partial charge in [0, 0.05) is 16.0 Å². The number of aromatic nitrogens is 1. The van der Waals surface area contributed by atoms with Gasteiger partial charge in [-0.1, -0.05) is 48.0 Å². The number of pyridine rings is 1. The monoisotopic (exact) mass is 254 g/mol. The van der Waals surface area contributed by atoms with Crippen LogP contribution in [0.5, 0.6) is 0 Å². The zero-order valence-corrected chi connectivity index (χ0v) is 10.4. The number of nitrogens with zero attached hydrogens (tertiary/aromatic N) is 1. The van der Waals surface area contributed by atoms with Crippen molar-refractivity contribution in [2.75, 3.05) is 5.73 Å². The first kappa shape index (κ1) is 11.1. The number of hydrogen-bond acceptors (Lipinski definition) is 2. The number of para-hydroxylation sites is 1. The summed E-state index contributed by atoms with van der Waals surface area (Å²) >= 11 is 6.25. The molecule has 3 rings (SSSR count). The molecule has 0 spiro atoms. The minimum atomic E-state index is 0.503. The summed E-state index contributed by atoms with van der Waals surface area (Å²) in [5.41, 5.74) is 8.73. The molecule has 0 saturated carbocycles. The summed E-state index contributed by atoms with van der Waals surface area (Å²) in [5.74, 6) is 0.503. The molecule has 0 radical (unpaired) electrons. The van der Waals surface area contributed by atoms with Crippen molar-refractivity contribution in [1.29, 1.82) is 0 Å². The van der Waals surface area contributed by atoms with Crippen molar-refractivity contribution in [3.63, 3.8) is 0 Å². The smallest absolute Gasteiger partial charge is 0.124 e. The molecule has 0 amide bonds. The Hall–Kier alpha value is -2.06. The molecule has 0 aliphatic rings. The van der Waals surface area contributed by atoms with E-state index >= 15 is 0 Å². The summed E-state index contributed by atoms with van der Waals surface area (Å²) in [4.78, 5) is 4.33. The largest absolute Gasteiger partial charge is 0.384 e. The molecule has 0 fully saturated rings. The Morgan fingerprint density at radius 3 is 2.44 bits per heavy atom. The van der Waals surface area contributed by atoms with Gasteiger partial charge in [-0.05, 0) is 23.8 Å². The highest BCUT2D eigenvalue weighted by atomic mass is 35.5. The normalized spacial score (nSPS) is 10.7. The first-order valence-electron chi connectivity index (χ1n) is 5.66. The van der Waals surface area contributed by atoms with Crippen molar-refractivity contribution in [2.45, 2.75) is 0 Å². The summed E-state index contributed by atoms with van der Waals surface area (Å²) in [5, 5.41) is 1.77. The van der Waals surface area contributed by atoms with Gasteiger partial charge in [-0.2, -0.15) is 0 Å². The molecule has 2 nitrogen and oxygen atoms in total. The zero-order valence-electron chi connectivity index (χ0n) is 9.60. The van der Waals surface area contributed by atoms with Gasteiger partial charge in [0.05, 0.1) is 5.52 Å². The van der Waals surface area contributed by atoms with Crippen molar-refractivity contribution in [1.82, 2.24) is 4.98 Å². The first-order chi connectivity index (χ1) is 8.75. The fraction of sp³-hybridized carbons (Fsp3) is 0. The third kappa shape index (κ3) is 1.81. The van der Waals surface area contributed by atoms with Crippen molar-refractivity contribution in [3.05, 3.63) is 59.6 Å². The molecule has 0 atom stereocenters. The van der Waals surface area contributed by atoms with E-state index in [1.807, 2.05) is 54.6 Å². The molecule has 0 aliphatic carbocycles. The maximum absolute atomic E-state index is 6.25. The van der Waals surface area contributed by atoms with Gasteiger partial charge in [-0.25, -0.2) is 4.98 Å². The van der Waals surface area contributed by atoms with E-state index in [4.69, 9.17) is 17.3 Å². The molecule has 0 saturated heterocycles. The highest BCUT2D eigenvalue weighted by molar-refractivity contribution is 6.33. The third-order valence-corrected chi connectivity index (χ3v) is 3.23. The van der Waals surface area contributed by atoms with Crippen LogP contribution in [0.2, 0.25) is 5.02 Å². The zero-order chi connectivity index (χ0) is 12.5. The van der Waals surface area contributed by atoms with Crippen LogP contribution < -0.4 is 5.73 Å². The Balaban J connectivity index is 2.39. The second kappa shape index (κ2) is 4.31. The molecule has 0 aliphatic heterocycles. The third-order valence-electron chi connectivity index (χ3n) is 2.90. The van der Waals surface area contributed by atoms with Gasteiger partial charge in [0.2, 0.25) is 0 Å². The summed E-state index contributed by atoms with van der Waals surface area (Å²) in [6.07, 6.45) is 0. The van der Waals surface area contributed by atoms with Crippen LogP contribution >= 0.6 is 11.6 Å². The van der Waals surface area contributed by atoms with Crippen molar-refractivity contribution >= 4 is 28.3 Å². The molecule has 18 heavy (non-hydrogen) atoms. The Morgan fingerprint density at radius 1 is 0.889 bits per heavy atom. The van der Waals surface area contributed by atoms with Gasteiger partial charge in [-0.15, -0.1) is 0 Å². The lowest BCUT2D eigenvalue weighted by atomic mass is 10.0. The van der Waals surface area contributed by atoms with E-state index < -0.39 is 0 Å². The highest BCUT2D eigenvalue weighted by Crippen LogP contribution is 2.33. The molecule has 3 heteroatoms. The van der Waals surface area contributed by atoms with E-state index in [1.165, 1.54) is 0 Å². The molecule has 2 N–H and O–H groups in total. The standard InChI is InChI=1S/C15H11ClN2/c16-13-7-3-1-5-10(13)12-9-15(17)18-14-8-4-2-6-11(12)14/h1-9H,(H2,17,18). The van der Waals surface area contributed by atoms with Gasteiger partial charge in [0.1, 0.15) is 5.82 Å². The predicted octanol–water partition coefficient (Wildman–Crippen LogP) is 4.14. The van der Waals surface area contributed by atoms with E-state index in [0.717, 1.165) is 22.0 Å². The van der Waals surface area contributed by atoms with Crippen LogP contribution in [0, 0.1) is 0 Å². The van der Waals surface area contributed by atoms with E-state index in [0.29, 0.717) is 10.8 Å². The van der Waals surface area contributed by atoms with Crippen molar-refractivity contribution < 1.29 is 0 Å².